The molecule has 0 unspecified atom stereocenters. The van der Waals surface area contributed by atoms with Crippen molar-refractivity contribution in [1.29, 1.82) is 0 Å². The number of fused-ring (bicyclic) bond motifs is 1. The summed E-state index contributed by atoms with van der Waals surface area (Å²) in [4.78, 5) is 2.10. The highest BCUT2D eigenvalue weighted by atomic mass is 16.5. The van der Waals surface area contributed by atoms with Crippen molar-refractivity contribution in [2.45, 2.75) is 39.0 Å². The lowest BCUT2D eigenvalue weighted by molar-refractivity contribution is 0.182. The van der Waals surface area contributed by atoms with E-state index in [1.807, 2.05) is 55.5 Å². The number of aromatic hydroxyl groups is 1. The number of rotatable bonds is 10. The average Bonchev–Trinajstić information content (AvgIpc) is 3.22. The van der Waals surface area contributed by atoms with E-state index in [9.17, 15) is 10.2 Å². The van der Waals surface area contributed by atoms with Gasteiger partial charge in [0.1, 0.15) is 6.10 Å². The lowest BCUT2D eigenvalue weighted by Gasteiger charge is -2.24. The molecule has 0 bridgehead atoms. The second-order valence-corrected chi connectivity index (χ2v) is 9.12. The number of hydrogen-bond donors (Lipinski definition) is 2. The van der Waals surface area contributed by atoms with Gasteiger partial charge in [0.25, 0.3) is 0 Å². The van der Waals surface area contributed by atoms with Crippen molar-refractivity contribution in [3.05, 3.63) is 88.5 Å². The standard InChI is InChI=1S/C30H35NO5/c1-5-9-22-14-25-20(2)29(36-30(25)27(15-22)35-4)23-16-24(28(33)26(17-23)34-3)19-31(12-13-32)18-21-10-7-6-8-11-21/h5-11,14-17,20,29,32-33H,12-13,18-19H2,1-4H3/b9-5+/t20-,29-/m1/s1. The van der Waals surface area contributed by atoms with Crippen molar-refractivity contribution in [2.75, 3.05) is 27.4 Å². The van der Waals surface area contributed by atoms with Gasteiger partial charge in [-0.15, -0.1) is 0 Å². The second-order valence-electron chi connectivity index (χ2n) is 9.12. The Balaban J connectivity index is 1.67. The molecule has 0 aliphatic carbocycles. The fourth-order valence-electron chi connectivity index (χ4n) is 4.87. The van der Waals surface area contributed by atoms with Crippen LogP contribution in [0.4, 0.5) is 0 Å². The molecule has 6 heteroatoms. The van der Waals surface area contributed by atoms with Gasteiger partial charge in [-0.1, -0.05) is 49.4 Å². The first-order valence-electron chi connectivity index (χ1n) is 12.3. The topological polar surface area (TPSA) is 71.4 Å². The monoisotopic (exact) mass is 489 g/mol. The van der Waals surface area contributed by atoms with E-state index in [0.29, 0.717) is 31.1 Å². The molecule has 3 aromatic rings. The maximum atomic E-state index is 11.0. The van der Waals surface area contributed by atoms with Crippen LogP contribution in [0.5, 0.6) is 23.0 Å². The smallest absolute Gasteiger partial charge is 0.165 e. The zero-order valence-electron chi connectivity index (χ0n) is 21.4. The number of methoxy groups -OCH3 is 2. The van der Waals surface area contributed by atoms with Crippen LogP contribution >= 0.6 is 0 Å². The summed E-state index contributed by atoms with van der Waals surface area (Å²) < 4.78 is 17.7. The van der Waals surface area contributed by atoms with Gasteiger partial charge in [-0.05, 0) is 47.9 Å². The predicted molar refractivity (Wildman–Crippen MR) is 142 cm³/mol. The van der Waals surface area contributed by atoms with E-state index in [0.717, 1.165) is 33.6 Å². The first-order chi connectivity index (χ1) is 17.5. The lowest BCUT2D eigenvalue weighted by atomic mass is 9.90. The van der Waals surface area contributed by atoms with Crippen LogP contribution in [0.25, 0.3) is 6.08 Å². The molecular formula is C30H35NO5. The molecule has 4 rings (SSSR count). The summed E-state index contributed by atoms with van der Waals surface area (Å²) in [7, 11) is 3.21. The van der Waals surface area contributed by atoms with Crippen molar-refractivity contribution < 1.29 is 24.4 Å². The Hall–Kier alpha value is -3.48. The highest BCUT2D eigenvalue weighted by Crippen LogP contribution is 2.51. The molecule has 2 atom stereocenters. The van der Waals surface area contributed by atoms with Gasteiger partial charge in [0.2, 0.25) is 0 Å². The Labute approximate surface area is 213 Å². The number of ether oxygens (including phenoxy) is 3. The fraction of sp³-hybridized carbons (Fsp3) is 0.333. The maximum Gasteiger partial charge on any atom is 0.165 e. The predicted octanol–water partition coefficient (Wildman–Crippen LogP) is 5.67. The molecule has 3 aromatic carbocycles. The molecule has 0 amide bonds. The van der Waals surface area contributed by atoms with E-state index in [4.69, 9.17) is 14.2 Å². The summed E-state index contributed by atoms with van der Waals surface area (Å²) in [6.45, 7) is 5.74. The van der Waals surface area contributed by atoms with Crippen molar-refractivity contribution in [1.82, 2.24) is 4.90 Å². The molecular weight excluding hydrogens is 454 g/mol. The van der Waals surface area contributed by atoms with Crippen molar-refractivity contribution >= 4 is 6.08 Å². The van der Waals surface area contributed by atoms with Crippen LogP contribution in [-0.2, 0) is 13.1 Å². The zero-order chi connectivity index (χ0) is 25.7. The van der Waals surface area contributed by atoms with E-state index in [2.05, 4.69) is 30.0 Å². The zero-order valence-corrected chi connectivity index (χ0v) is 21.4. The second kappa shape index (κ2) is 11.5. The number of aliphatic hydroxyl groups excluding tert-OH is 1. The van der Waals surface area contributed by atoms with E-state index >= 15 is 0 Å². The van der Waals surface area contributed by atoms with Gasteiger partial charge in [-0.25, -0.2) is 0 Å². The normalized spacial score (nSPS) is 16.8. The van der Waals surface area contributed by atoms with Gasteiger partial charge in [-0.2, -0.15) is 0 Å². The van der Waals surface area contributed by atoms with Gasteiger partial charge in [0.05, 0.1) is 20.8 Å². The Morgan fingerprint density at radius 3 is 2.42 bits per heavy atom. The number of allylic oxidation sites excluding steroid dienone is 1. The number of phenolic OH excluding ortho intramolecular Hbond substituents is 1. The largest absolute Gasteiger partial charge is 0.504 e. The molecule has 2 N–H and O–H groups in total. The molecule has 0 spiro atoms. The van der Waals surface area contributed by atoms with Crippen LogP contribution < -0.4 is 14.2 Å². The van der Waals surface area contributed by atoms with Crippen molar-refractivity contribution in [2.24, 2.45) is 0 Å². The van der Waals surface area contributed by atoms with Crippen molar-refractivity contribution in [3.8, 4) is 23.0 Å². The molecule has 36 heavy (non-hydrogen) atoms. The number of phenols is 1. The van der Waals surface area contributed by atoms with Gasteiger partial charge < -0.3 is 24.4 Å². The molecule has 1 aliphatic heterocycles. The lowest BCUT2D eigenvalue weighted by Crippen LogP contribution is -2.26. The molecule has 0 radical (unpaired) electrons. The number of nitrogens with zero attached hydrogens (tertiary/aromatic N) is 1. The van der Waals surface area contributed by atoms with Crippen LogP contribution in [-0.4, -0.2) is 42.5 Å². The summed E-state index contributed by atoms with van der Waals surface area (Å²) in [6.07, 6.45) is 3.79. The van der Waals surface area contributed by atoms with Crippen LogP contribution in [0.1, 0.15) is 53.7 Å². The van der Waals surface area contributed by atoms with Gasteiger partial charge in [0, 0.05) is 36.7 Å². The van der Waals surface area contributed by atoms with Crippen LogP contribution in [0.15, 0.2) is 60.7 Å². The summed E-state index contributed by atoms with van der Waals surface area (Å²) in [5, 5.41) is 20.6. The molecule has 6 nitrogen and oxygen atoms in total. The maximum absolute atomic E-state index is 11.0. The number of aliphatic hydroxyl groups is 1. The molecule has 1 aliphatic rings. The molecule has 1 heterocycles. The minimum atomic E-state index is -0.261. The number of hydrogen-bond acceptors (Lipinski definition) is 6. The summed E-state index contributed by atoms with van der Waals surface area (Å²) in [5.74, 6) is 2.03. The Kier molecular flexibility index (Phi) is 8.18. The summed E-state index contributed by atoms with van der Waals surface area (Å²) in [6, 6.07) is 18.1. The SMILES string of the molecule is C/C=C/c1cc(OC)c2c(c1)[C@@H](C)[C@H](c1cc(CN(CCO)Cc3ccccc3)c(O)c(OC)c1)O2. The number of benzene rings is 3. The first kappa shape index (κ1) is 25.6. The molecule has 0 saturated heterocycles. The van der Waals surface area contributed by atoms with E-state index < -0.39 is 0 Å². The summed E-state index contributed by atoms with van der Waals surface area (Å²) in [5.41, 5.74) is 4.94. The third-order valence-corrected chi connectivity index (χ3v) is 6.66. The van der Waals surface area contributed by atoms with Crippen molar-refractivity contribution in [3.63, 3.8) is 0 Å². The van der Waals surface area contributed by atoms with E-state index in [1.165, 1.54) is 0 Å². The van der Waals surface area contributed by atoms with Crippen LogP contribution in [0, 0.1) is 0 Å². The highest BCUT2D eigenvalue weighted by molar-refractivity contribution is 5.62. The summed E-state index contributed by atoms with van der Waals surface area (Å²) >= 11 is 0. The molecule has 190 valence electrons. The van der Waals surface area contributed by atoms with E-state index in [1.54, 1.807) is 14.2 Å². The van der Waals surface area contributed by atoms with Crippen LogP contribution in [0.2, 0.25) is 0 Å². The minimum Gasteiger partial charge on any atom is -0.504 e. The minimum absolute atomic E-state index is 0.0246. The Morgan fingerprint density at radius 2 is 1.75 bits per heavy atom. The Bertz CT molecular complexity index is 1210. The fourth-order valence-corrected chi connectivity index (χ4v) is 4.87. The van der Waals surface area contributed by atoms with Gasteiger partial charge in [-0.3, -0.25) is 4.90 Å². The molecule has 0 saturated carbocycles. The quantitative estimate of drug-likeness (QED) is 0.382. The van der Waals surface area contributed by atoms with Gasteiger partial charge in [0.15, 0.2) is 23.0 Å². The third-order valence-electron chi connectivity index (χ3n) is 6.66. The van der Waals surface area contributed by atoms with Gasteiger partial charge >= 0.3 is 0 Å². The van der Waals surface area contributed by atoms with E-state index in [-0.39, 0.29) is 24.4 Å². The highest BCUT2D eigenvalue weighted by Gasteiger charge is 2.36. The first-order valence-corrected chi connectivity index (χ1v) is 12.3. The molecule has 0 aromatic heterocycles. The van der Waals surface area contributed by atoms with Crippen LogP contribution in [0.3, 0.4) is 0 Å². The average molecular weight is 490 g/mol. The third kappa shape index (κ3) is 5.35. The Morgan fingerprint density at radius 1 is 1.00 bits per heavy atom. The molecule has 0 fully saturated rings.